The highest BCUT2D eigenvalue weighted by molar-refractivity contribution is 8.03. The number of hydrogen-bond acceptors (Lipinski definition) is 8. The Labute approximate surface area is 284 Å². The van der Waals surface area contributed by atoms with E-state index < -0.39 is 27.0 Å². The van der Waals surface area contributed by atoms with Gasteiger partial charge >= 0.3 is 0 Å². The van der Waals surface area contributed by atoms with Crippen molar-refractivity contribution in [3.63, 3.8) is 0 Å². The van der Waals surface area contributed by atoms with Gasteiger partial charge in [0.2, 0.25) is 15.6 Å². The molecule has 3 aliphatic heterocycles. The topological polar surface area (TPSA) is 88.1 Å². The smallest absolute Gasteiger partial charge is 0.261 e. The van der Waals surface area contributed by atoms with Crippen LogP contribution in [0.4, 0.5) is 0 Å². The Kier molecular flexibility index (Phi) is 6.88. The lowest BCUT2D eigenvalue weighted by Crippen LogP contribution is -2.76. The molecule has 9 heteroatoms. The summed E-state index contributed by atoms with van der Waals surface area (Å²) in [5.41, 5.74) is 2.40. The molecule has 4 saturated carbocycles. The number of allylic oxidation sites excluding steroid dienone is 4. The fourth-order valence-electron chi connectivity index (χ4n) is 9.57. The molecule has 244 valence electrons. The van der Waals surface area contributed by atoms with Crippen LogP contribution in [0.5, 0.6) is 5.75 Å². The predicted molar refractivity (Wildman–Crippen MR) is 182 cm³/mol. The van der Waals surface area contributed by atoms with E-state index in [4.69, 9.17) is 19.2 Å². The first kappa shape index (κ1) is 30.3. The van der Waals surface area contributed by atoms with Crippen LogP contribution in [0.1, 0.15) is 59.2 Å². The van der Waals surface area contributed by atoms with Crippen LogP contribution in [0.3, 0.4) is 0 Å². The molecule has 1 spiro atoms. The lowest BCUT2D eigenvalue weighted by atomic mass is 9.47. The number of ketones is 1. The molecule has 5 fully saturated rings. The van der Waals surface area contributed by atoms with Crippen LogP contribution in [-0.2, 0) is 30.1 Å². The van der Waals surface area contributed by atoms with Crippen LogP contribution in [0.2, 0.25) is 0 Å². The van der Waals surface area contributed by atoms with Crippen molar-refractivity contribution in [3.8, 4) is 5.75 Å². The molecule has 4 aliphatic carbocycles. The van der Waals surface area contributed by atoms with Crippen LogP contribution in [0.15, 0.2) is 111 Å². The number of benzene rings is 3. The van der Waals surface area contributed by atoms with E-state index in [2.05, 4.69) is 6.58 Å². The fraction of sp³-hybridized carbons (Fsp3) is 0.308. The normalized spacial score (nSPS) is 33.8. The molecule has 3 heterocycles. The summed E-state index contributed by atoms with van der Waals surface area (Å²) in [7, 11) is -2.31. The second-order valence-electron chi connectivity index (χ2n) is 13.7. The Morgan fingerprint density at radius 1 is 0.896 bits per heavy atom. The third-order valence-corrected chi connectivity index (χ3v) is 14.3. The van der Waals surface area contributed by atoms with Gasteiger partial charge in [-0.1, -0.05) is 60.8 Å². The highest BCUT2D eigenvalue weighted by Crippen LogP contribution is 2.69. The summed E-state index contributed by atoms with van der Waals surface area (Å²) >= 11 is 1.52. The van der Waals surface area contributed by atoms with E-state index >= 15 is 0 Å². The van der Waals surface area contributed by atoms with Gasteiger partial charge in [-0.2, -0.15) is 4.89 Å². The average molecular weight is 679 g/mol. The van der Waals surface area contributed by atoms with Crippen LogP contribution in [0.25, 0.3) is 11.6 Å². The summed E-state index contributed by atoms with van der Waals surface area (Å²) in [6, 6.07) is 19.8. The van der Waals surface area contributed by atoms with E-state index in [1.165, 1.54) is 30.5 Å². The molecule has 1 atom stereocenters. The SMILES string of the molecule is C=COc1ccc(/C=C/C2=CC(=C3/C(=O)c4ccccc4S3(=O)=O)/c3ccccc3S2)c(C2(OC)OOC23C2CC4CC(C2)CC3C4)c1. The Hall–Kier alpha value is -3.73. The molecule has 1 saturated heterocycles. The standard InChI is InChI=1S/C39H34O7S2/c1-3-44-28-14-12-25(33(21-28)39(43-2)38(45-46-39)26-17-23-16-24(19-26)20-27(38)18-23)13-15-29-22-32(30-8-4-6-10-34(30)47-29)37-36(40)31-9-5-7-11-35(31)48(37,41)42/h3-15,21-24,26-27H,1,16-20H2,2H3/b15-13+,37-32+. The quantitative estimate of drug-likeness (QED) is 0.146. The van der Waals surface area contributed by atoms with Crippen molar-refractivity contribution in [1.29, 1.82) is 0 Å². The molecule has 3 aromatic rings. The van der Waals surface area contributed by atoms with Gasteiger partial charge in [-0.15, -0.1) is 0 Å². The minimum absolute atomic E-state index is 0.0523. The van der Waals surface area contributed by atoms with Crippen LogP contribution in [-0.4, -0.2) is 26.9 Å². The largest absolute Gasteiger partial charge is 0.466 e. The number of ether oxygens (including phenoxy) is 2. The van der Waals surface area contributed by atoms with Crippen LogP contribution >= 0.6 is 11.8 Å². The molecule has 48 heavy (non-hydrogen) atoms. The Balaban J connectivity index is 1.16. The Bertz CT molecular complexity index is 2080. The van der Waals surface area contributed by atoms with Crippen molar-refractivity contribution < 1.29 is 32.5 Å². The number of fused-ring (bicyclic) bond motifs is 2. The first-order chi connectivity index (χ1) is 23.3. The van der Waals surface area contributed by atoms with Crippen molar-refractivity contribution in [2.75, 3.05) is 7.11 Å². The molecular formula is C39H34O7S2. The summed E-state index contributed by atoms with van der Waals surface area (Å²) in [6.07, 6.45) is 12.9. The maximum atomic E-state index is 13.8. The summed E-state index contributed by atoms with van der Waals surface area (Å²) in [6.45, 7) is 3.75. The summed E-state index contributed by atoms with van der Waals surface area (Å²) < 4.78 is 39.7. The van der Waals surface area contributed by atoms with Gasteiger partial charge in [0.25, 0.3) is 5.79 Å². The Morgan fingerprint density at radius 3 is 2.27 bits per heavy atom. The zero-order valence-electron chi connectivity index (χ0n) is 26.4. The van der Waals surface area contributed by atoms with Gasteiger partial charge in [-0.3, -0.25) is 4.79 Å². The summed E-state index contributed by atoms with van der Waals surface area (Å²) in [5, 5.41) is 0. The number of hydrogen-bond donors (Lipinski definition) is 0. The number of Topliss-reactive ketones (excluding diaryl/α,β-unsaturated/α-hetero) is 1. The van der Waals surface area contributed by atoms with Gasteiger partial charge in [-0.25, -0.2) is 13.3 Å². The lowest BCUT2D eigenvalue weighted by Gasteiger charge is -2.68. The van der Waals surface area contributed by atoms with Crippen molar-refractivity contribution in [2.24, 2.45) is 23.7 Å². The molecule has 0 N–H and O–H groups in total. The van der Waals surface area contributed by atoms with Gasteiger partial charge < -0.3 is 9.47 Å². The molecule has 7 aliphatic rings. The van der Waals surface area contributed by atoms with Crippen LogP contribution < -0.4 is 4.74 Å². The van der Waals surface area contributed by atoms with Crippen molar-refractivity contribution in [2.45, 2.75) is 53.3 Å². The molecule has 0 aromatic heterocycles. The maximum absolute atomic E-state index is 13.8. The van der Waals surface area contributed by atoms with E-state index in [1.54, 1.807) is 25.3 Å². The van der Waals surface area contributed by atoms with Gasteiger partial charge in [0.15, 0.2) is 5.60 Å². The monoisotopic (exact) mass is 678 g/mol. The van der Waals surface area contributed by atoms with E-state index in [1.807, 2.05) is 60.7 Å². The second kappa shape index (κ2) is 10.9. The minimum atomic E-state index is -4.01. The number of thioether (sulfide) groups is 1. The molecule has 0 radical (unpaired) electrons. The minimum Gasteiger partial charge on any atom is -0.466 e. The van der Waals surface area contributed by atoms with E-state index in [0.29, 0.717) is 28.7 Å². The molecule has 10 rings (SSSR count). The maximum Gasteiger partial charge on any atom is 0.261 e. The highest BCUT2D eigenvalue weighted by atomic mass is 32.2. The van der Waals surface area contributed by atoms with Gasteiger partial charge in [0.1, 0.15) is 10.7 Å². The zero-order valence-corrected chi connectivity index (χ0v) is 28.0. The molecular weight excluding hydrogens is 645 g/mol. The van der Waals surface area contributed by atoms with Gasteiger partial charge in [-0.05, 0) is 109 Å². The molecule has 4 bridgehead atoms. The van der Waals surface area contributed by atoms with Gasteiger partial charge in [0, 0.05) is 33.6 Å². The molecule has 7 nitrogen and oxygen atoms in total. The number of methoxy groups -OCH3 is 1. The van der Waals surface area contributed by atoms with E-state index in [-0.39, 0.29) is 15.4 Å². The molecule has 1 unspecified atom stereocenters. The first-order valence-corrected chi connectivity index (χ1v) is 18.7. The predicted octanol–water partition coefficient (Wildman–Crippen LogP) is 8.25. The Morgan fingerprint density at radius 2 is 1.60 bits per heavy atom. The van der Waals surface area contributed by atoms with Crippen molar-refractivity contribution >= 4 is 39.0 Å². The van der Waals surface area contributed by atoms with Gasteiger partial charge in [0.05, 0.1) is 11.2 Å². The average Bonchev–Trinajstić information content (AvgIpc) is 3.28. The second-order valence-corrected chi connectivity index (χ2v) is 16.6. The fourth-order valence-corrected chi connectivity index (χ4v) is 12.3. The number of carbonyl (C=O) groups excluding carboxylic acids is 1. The van der Waals surface area contributed by atoms with Crippen molar-refractivity contribution in [3.05, 3.63) is 124 Å². The lowest BCUT2D eigenvalue weighted by molar-refractivity contribution is -0.645. The first-order valence-electron chi connectivity index (χ1n) is 16.4. The molecule has 0 amide bonds. The summed E-state index contributed by atoms with van der Waals surface area (Å²) in [4.78, 5) is 27.5. The third kappa shape index (κ3) is 4.12. The number of carbonyl (C=O) groups is 1. The zero-order chi connectivity index (χ0) is 32.8. The van der Waals surface area contributed by atoms with Crippen LogP contribution in [0, 0.1) is 23.7 Å². The number of sulfone groups is 1. The molecule has 3 aromatic carbocycles. The third-order valence-electron chi connectivity index (χ3n) is 11.3. The van der Waals surface area contributed by atoms with E-state index in [0.717, 1.165) is 58.4 Å². The number of rotatable bonds is 6. The van der Waals surface area contributed by atoms with Crippen molar-refractivity contribution in [1.82, 2.24) is 0 Å². The summed E-state index contributed by atoms with van der Waals surface area (Å²) in [5.74, 6) is 1.14. The highest BCUT2D eigenvalue weighted by Gasteiger charge is 2.76. The van der Waals surface area contributed by atoms with E-state index in [9.17, 15) is 13.2 Å².